The minimum absolute atomic E-state index is 0.187. The van der Waals surface area contributed by atoms with Crippen molar-refractivity contribution in [2.75, 3.05) is 25.5 Å². The molecular weight excluding hydrogens is 716 g/mol. The van der Waals surface area contributed by atoms with Gasteiger partial charge in [-0.3, -0.25) is 4.98 Å². The van der Waals surface area contributed by atoms with Crippen LogP contribution in [0.2, 0.25) is 0 Å². The number of benzene rings is 3. The van der Waals surface area contributed by atoms with E-state index >= 15 is 4.39 Å². The van der Waals surface area contributed by atoms with Crippen molar-refractivity contribution in [1.82, 2.24) is 19.9 Å². The van der Waals surface area contributed by atoms with E-state index in [1.807, 2.05) is 30.2 Å². The number of halogens is 3. The topological polar surface area (TPSA) is 107 Å². The Morgan fingerprint density at radius 3 is 2.67 bits per heavy atom. The minimum atomic E-state index is -2.43. The summed E-state index contributed by atoms with van der Waals surface area (Å²) < 4.78 is 65.9. The molecule has 6 rings (SSSR count). The van der Waals surface area contributed by atoms with Crippen molar-refractivity contribution in [1.29, 1.82) is 0 Å². The molecule has 2 aromatic heterocycles. The SMILES string of the molecule is CN(CCCC1(c2cc3c(Nc4ccc(OCc5cccc(F)c5)c(Br)c4)ncnc3cc2F)CC=CO1)CC(c1ccccn1)=S(=O)=O. The number of ether oxygens (including phenoxy) is 2. The van der Waals surface area contributed by atoms with Crippen LogP contribution in [0.5, 0.6) is 5.75 Å². The Labute approximate surface area is 292 Å². The zero-order chi connectivity index (χ0) is 34.4. The maximum Gasteiger partial charge on any atom is 0.220 e. The number of fused-ring (bicyclic) bond motifs is 1. The fourth-order valence-corrected chi connectivity index (χ4v) is 6.90. The van der Waals surface area contributed by atoms with Crippen LogP contribution in [0.15, 0.2) is 102 Å². The van der Waals surface area contributed by atoms with Crippen molar-refractivity contribution in [3.8, 4) is 5.75 Å². The highest BCUT2D eigenvalue weighted by Crippen LogP contribution is 2.42. The maximum absolute atomic E-state index is 15.8. The van der Waals surface area contributed by atoms with Gasteiger partial charge in [-0.1, -0.05) is 18.2 Å². The Bertz CT molecular complexity index is 2140. The van der Waals surface area contributed by atoms with Crippen molar-refractivity contribution >= 4 is 53.5 Å². The summed E-state index contributed by atoms with van der Waals surface area (Å²) in [7, 11) is -0.589. The summed E-state index contributed by atoms with van der Waals surface area (Å²) in [6.45, 7) is 0.932. The van der Waals surface area contributed by atoms with Crippen molar-refractivity contribution in [3.63, 3.8) is 0 Å². The number of pyridine rings is 1. The first-order valence-electron chi connectivity index (χ1n) is 15.5. The molecule has 252 valence electrons. The summed E-state index contributed by atoms with van der Waals surface area (Å²) in [5.74, 6) is 0.299. The zero-order valence-corrected chi connectivity index (χ0v) is 28.8. The summed E-state index contributed by atoms with van der Waals surface area (Å²) in [5.41, 5.74) is 1.68. The van der Waals surface area contributed by atoms with Crippen molar-refractivity contribution in [2.45, 2.75) is 31.5 Å². The standard InChI is InChI=1S/C36H32BrF2N5O4S/c1-44(21-34(49(45)46)31-9-2-3-14-40-31)15-5-12-36(13-6-16-48-36)28-19-27-32(20-30(28)39)41-23-42-35(27)43-26-10-11-33(29(37)18-26)47-22-24-7-4-8-25(38)17-24/h2-4,6-11,14,16-20,23H,5,12-13,15,21-22H2,1H3,(H,41,42,43). The van der Waals surface area contributed by atoms with Crippen LogP contribution >= 0.6 is 15.9 Å². The molecule has 0 bridgehead atoms. The van der Waals surface area contributed by atoms with E-state index in [-0.39, 0.29) is 23.8 Å². The Kier molecular flexibility index (Phi) is 10.6. The lowest BCUT2D eigenvalue weighted by Crippen LogP contribution is -2.31. The molecule has 0 amide bonds. The third-order valence-corrected chi connectivity index (χ3v) is 9.58. The minimum Gasteiger partial charge on any atom is -0.490 e. The first-order chi connectivity index (χ1) is 23.7. The highest BCUT2D eigenvalue weighted by molar-refractivity contribution is 9.10. The van der Waals surface area contributed by atoms with Gasteiger partial charge in [0.1, 0.15) is 46.6 Å². The van der Waals surface area contributed by atoms with Crippen LogP contribution in [0.4, 0.5) is 20.3 Å². The van der Waals surface area contributed by atoms with Crippen LogP contribution in [0.1, 0.15) is 36.1 Å². The molecule has 3 aromatic carbocycles. The largest absolute Gasteiger partial charge is 0.490 e. The Morgan fingerprint density at radius 2 is 1.94 bits per heavy atom. The molecule has 3 heterocycles. The lowest BCUT2D eigenvalue weighted by Gasteiger charge is -2.31. The van der Waals surface area contributed by atoms with E-state index in [9.17, 15) is 12.8 Å². The number of nitrogens with one attached hydrogen (secondary N) is 1. The third kappa shape index (κ3) is 8.12. The van der Waals surface area contributed by atoms with Crippen LogP contribution in [0.3, 0.4) is 0 Å². The molecule has 0 aliphatic carbocycles. The first kappa shape index (κ1) is 34.2. The summed E-state index contributed by atoms with van der Waals surface area (Å²) >= 11 is 3.55. The molecule has 1 unspecified atom stereocenters. The zero-order valence-electron chi connectivity index (χ0n) is 26.4. The highest BCUT2D eigenvalue weighted by atomic mass is 79.9. The van der Waals surface area contributed by atoms with E-state index in [4.69, 9.17) is 9.47 Å². The van der Waals surface area contributed by atoms with Gasteiger partial charge >= 0.3 is 0 Å². The van der Waals surface area contributed by atoms with Crippen LogP contribution in [0.25, 0.3) is 10.9 Å². The fraction of sp³-hybridized carbons (Fsp3) is 0.222. The van der Waals surface area contributed by atoms with Gasteiger partial charge in [0.15, 0.2) is 0 Å². The van der Waals surface area contributed by atoms with Crippen molar-refractivity contribution < 1.29 is 26.7 Å². The number of anilines is 2. The highest BCUT2D eigenvalue weighted by Gasteiger charge is 2.38. The third-order valence-electron chi connectivity index (χ3n) is 8.22. The second-order valence-electron chi connectivity index (χ2n) is 11.7. The van der Waals surface area contributed by atoms with E-state index < -0.39 is 21.7 Å². The molecule has 1 atom stereocenters. The molecule has 49 heavy (non-hydrogen) atoms. The molecule has 0 saturated carbocycles. The molecule has 0 radical (unpaired) electrons. The average Bonchev–Trinajstić information content (AvgIpc) is 3.56. The van der Waals surface area contributed by atoms with Gasteiger partial charge in [0.2, 0.25) is 10.3 Å². The normalized spacial score (nSPS) is 15.4. The monoisotopic (exact) mass is 747 g/mol. The number of nitrogens with zero attached hydrogens (tertiary/aromatic N) is 4. The maximum atomic E-state index is 15.8. The summed E-state index contributed by atoms with van der Waals surface area (Å²) in [6.07, 6.45) is 7.95. The summed E-state index contributed by atoms with van der Waals surface area (Å²) in [5, 5.41) is 3.93. The molecule has 1 N–H and O–H groups in total. The van der Waals surface area contributed by atoms with E-state index in [0.29, 0.717) is 75.3 Å². The molecule has 1 aliphatic rings. The number of likely N-dealkylation sites (N-methyl/N-ethyl adjacent to an activating group) is 1. The number of aromatic nitrogens is 3. The summed E-state index contributed by atoms with van der Waals surface area (Å²) in [4.78, 5) is 15.1. The summed E-state index contributed by atoms with van der Waals surface area (Å²) in [6, 6.07) is 20.0. The molecule has 5 aromatic rings. The van der Waals surface area contributed by atoms with Gasteiger partial charge in [-0.15, -0.1) is 0 Å². The first-order valence-corrected chi connectivity index (χ1v) is 17.3. The Morgan fingerprint density at radius 1 is 1.06 bits per heavy atom. The van der Waals surface area contributed by atoms with E-state index in [0.717, 1.165) is 0 Å². The molecule has 1 aliphatic heterocycles. The second kappa shape index (κ2) is 15.2. The predicted molar refractivity (Wildman–Crippen MR) is 188 cm³/mol. The van der Waals surface area contributed by atoms with E-state index in [1.165, 1.54) is 24.5 Å². The predicted octanol–water partition coefficient (Wildman–Crippen LogP) is 7.33. The van der Waals surface area contributed by atoms with Crippen LogP contribution in [0, 0.1) is 11.6 Å². The fourth-order valence-electron chi connectivity index (χ4n) is 5.79. The number of rotatable bonds is 13. The van der Waals surface area contributed by atoms with Gasteiger partial charge in [0, 0.05) is 41.9 Å². The average molecular weight is 749 g/mol. The Hall–Kier alpha value is -4.72. The molecule has 0 fully saturated rings. The van der Waals surface area contributed by atoms with Gasteiger partial charge in [-0.2, -0.15) is 8.42 Å². The van der Waals surface area contributed by atoms with E-state index in [2.05, 4.69) is 36.2 Å². The van der Waals surface area contributed by atoms with Crippen LogP contribution in [-0.4, -0.2) is 53.3 Å². The smallest absolute Gasteiger partial charge is 0.220 e. The molecule has 0 saturated heterocycles. The quantitative estimate of drug-likeness (QED) is 0.0979. The molecule has 9 nitrogen and oxygen atoms in total. The molecule has 0 spiro atoms. The van der Waals surface area contributed by atoms with Crippen LogP contribution < -0.4 is 10.1 Å². The van der Waals surface area contributed by atoms with Gasteiger partial charge in [0.05, 0.1) is 21.9 Å². The van der Waals surface area contributed by atoms with Gasteiger partial charge in [-0.25, -0.2) is 18.7 Å². The number of hydrogen-bond acceptors (Lipinski definition) is 9. The number of hydrogen-bond donors (Lipinski definition) is 1. The Balaban J connectivity index is 1.18. The second-order valence-corrected chi connectivity index (χ2v) is 13.5. The van der Waals surface area contributed by atoms with Gasteiger partial charge < -0.3 is 19.7 Å². The molecular formula is C36H32BrF2N5O4S. The van der Waals surface area contributed by atoms with E-state index in [1.54, 1.807) is 54.9 Å². The van der Waals surface area contributed by atoms with Gasteiger partial charge in [0.25, 0.3) is 0 Å². The van der Waals surface area contributed by atoms with Gasteiger partial charge in [-0.05, 0) is 103 Å². The lowest BCUT2D eigenvalue weighted by molar-refractivity contribution is 0.0254. The van der Waals surface area contributed by atoms with Crippen molar-refractivity contribution in [3.05, 3.63) is 131 Å². The molecule has 13 heteroatoms. The van der Waals surface area contributed by atoms with Crippen LogP contribution in [-0.2, 0) is 27.2 Å². The van der Waals surface area contributed by atoms with Crippen molar-refractivity contribution in [2.24, 2.45) is 0 Å². The lowest BCUT2D eigenvalue weighted by atomic mass is 9.85.